The summed E-state index contributed by atoms with van der Waals surface area (Å²) >= 11 is 1.01. The lowest BCUT2D eigenvalue weighted by Crippen LogP contribution is -2.12. The molecule has 2 heterocycles. The van der Waals surface area contributed by atoms with Gasteiger partial charge in [0.25, 0.3) is 0 Å². The number of hydrogen-bond donors (Lipinski definition) is 1. The summed E-state index contributed by atoms with van der Waals surface area (Å²) in [4.78, 5) is 7.60. The summed E-state index contributed by atoms with van der Waals surface area (Å²) in [5, 5.41) is 11.5. The van der Waals surface area contributed by atoms with Crippen molar-refractivity contribution >= 4 is 11.3 Å². The predicted octanol–water partition coefficient (Wildman–Crippen LogP) is 2.72. The number of pyridine rings is 1. The van der Waals surface area contributed by atoms with E-state index in [0.717, 1.165) is 11.3 Å². The monoisotopic (exact) mass is 274 g/mol. The molecule has 0 fully saturated rings. The molecule has 2 aromatic rings. The van der Waals surface area contributed by atoms with Crippen molar-refractivity contribution in [2.75, 3.05) is 0 Å². The van der Waals surface area contributed by atoms with Crippen LogP contribution in [0.4, 0.5) is 13.2 Å². The second-order valence-corrected chi connectivity index (χ2v) is 4.54. The largest absolute Gasteiger partial charge is 0.394 e. The molecule has 0 amide bonds. The van der Waals surface area contributed by atoms with E-state index in [1.165, 1.54) is 17.8 Å². The Morgan fingerprint density at radius 3 is 2.56 bits per heavy atom. The fourth-order valence-corrected chi connectivity index (χ4v) is 2.25. The highest BCUT2D eigenvalue weighted by molar-refractivity contribution is 7.09. The van der Waals surface area contributed by atoms with E-state index in [1.54, 1.807) is 12.1 Å². The number of alkyl halides is 3. The van der Waals surface area contributed by atoms with Crippen LogP contribution in [0.2, 0.25) is 0 Å². The summed E-state index contributed by atoms with van der Waals surface area (Å²) in [6, 6.07) is 3.19. The molecule has 0 aliphatic rings. The second-order valence-electron chi connectivity index (χ2n) is 3.65. The Morgan fingerprint density at radius 2 is 1.94 bits per heavy atom. The van der Waals surface area contributed by atoms with Gasteiger partial charge < -0.3 is 5.11 Å². The van der Waals surface area contributed by atoms with Gasteiger partial charge in [0, 0.05) is 17.8 Å². The molecule has 0 spiro atoms. The number of halogens is 3. The van der Waals surface area contributed by atoms with E-state index in [9.17, 15) is 18.3 Å². The van der Waals surface area contributed by atoms with E-state index in [-0.39, 0.29) is 10.7 Å². The van der Waals surface area contributed by atoms with Crippen LogP contribution >= 0.6 is 11.3 Å². The second kappa shape index (κ2) is 5.03. The molecule has 1 unspecified atom stereocenters. The maximum Gasteiger partial charge on any atom is 0.394 e. The van der Waals surface area contributed by atoms with Crippen LogP contribution in [-0.2, 0) is 6.42 Å². The third-order valence-corrected chi connectivity index (χ3v) is 3.15. The number of aliphatic hydroxyl groups is 1. The third-order valence-electron chi connectivity index (χ3n) is 2.21. The van der Waals surface area contributed by atoms with E-state index in [0.29, 0.717) is 5.56 Å². The van der Waals surface area contributed by atoms with Crippen LogP contribution in [-0.4, -0.2) is 21.3 Å². The molecule has 0 saturated carbocycles. The topological polar surface area (TPSA) is 46.0 Å². The molecule has 1 N–H and O–H groups in total. The zero-order valence-corrected chi connectivity index (χ0v) is 9.87. The number of hydrogen-bond acceptors (Lipinski definition) is 4. The van der Waals surface area contributed by atoms with Gasteiger partial charge in [0.15, 0.2) is 0 Å². The van der Waals surface area contributed by atoms with Crippen molar-refractivity contribution in [3.63, 3.8) is 0 Å². The maximum atomic E-state index is 12.2. The average Bonchev–Trinajstić information content (AvgIpc) is 2.75. The van der Waals surface area contributed by atoms with Gasteiger partial charge in [-0.3, -0.25) is 4.98 Å². The minimum Gasteiger partial charge on any atom is -0.381 e. The molecule has 0 radical (unpaired) electrons. The van der Waals surface area contributed by atoms with Crippen molar-refractivity contribution in [1.29, 1.82) is 0 Å². The highest BCUT2D eigenvalue weighted by atomic mass is 32.1. The number of aromatic nitrogens is 2. The summed E-state index contributed by atoms with van der Waals surface area (Å²) in [5.74, 6) is 0. The van der Waals surface area contributed by atoms with Crippen molar-refractivity contribution in [3.05, 3.63) is 46.2 Å². The quantitative estimate of drug-likeness (QED) is 0.936. The Kier molecular flexibility index (Phi) is 3.63. The van der Waals surface area contributed by atoms with E-state index in [1.807, 2.05) is 0 Å². The van der Waals surface area contributed by atoms with Crippen molar-refractivity contribution in [1.82, 2.24) is 9.97 Å². The van der Waals surface area contributed by atoms with Crippen LogP contribution in [0, 0.1) is 0 Å². The predicted molar refractivity (Wildman–Crippen MR) is 60.2 cm³/mol. The lowest BCUT2D eigenvalue weighted by Gasteiger charge is -2.07. The number of aliphatic hydroxyl groups excluding tert-OH is 1. The highest BCUT2D eigenvalue weighted by Gasteiger charge is 2.29. The van der Waals surface area contributed by atoms with Gasteiger partial charge in [-0.1, -0.05) is 0 Å². The Labute approximate surface area is 105 Å². The number of thiazole rings is 1. The van der Waals surface area contributed by atoms with Crippen molar-refractivity contribution < 1.29 is 18.3 Å². The summed E-state index contributed by atoms with van der Waals surface area (Å²) in [7, 11) is 0. The SMILES string of the molecule is OC(c1ccncc1)c1nc(CC(F)(F)F)cs1. The maximum absolute atomic E-state index is 12.2. The summed E-state index contributed by atoms with van der Waals surface area (Å²) in [6.45, 7) is 0. The van der Waals surface area contributed by atoms with Crippen molar-refractivity contribution in [2.45, 2.75) is 18.7 Å². The number of rotatable bonds is 3. The molecular formula is C11H9F3N2OS. The number of nitrogens with zero attached hydrogens (tertiary/aromatic N) is 2. The van der Waals surface area contributed by atoms with Gasteiger partial charge in [-0.15, -0.1) is 11.3 Å². The molecular weight excluding hydrogens is 265 g/mol. The standard InChI is InChI=1S/C11H9F3N2OS/c12-11(13,14)5-8-6-18-10(16-8)9(17)7-1-3-15-4-2-7/h1-4,6,9,17H,5H2. The Morgan fingerprint density at radius 1 is 1.28 bits per heavy atom. The van der Waals surface area contributed by atoms with Gasteiger partial charge in [0.2, 0.25) is 0 Å². The minimum absolute atomic E-state index is 0.0735. The van der Waals surface area contributed by atoms with Crippen molar-refractivity contribution in [3.8, 4) is 0 Å². The molecule has 0 aliphatic carbocycles. The zero-order chi connectivity index (χ0) is 13.2. The van der Waals surface area contributed by atoms with Crippen LogP contribution < -0.4 is 0 Å². The van der Waals surface area contributed by atoms with Crippen molar-refractivity contribution in [2.24, 2.45) is 0 Å². The van der Waals surface area contributed by atoms with E-state index in [2.05, 4.69) is 9.97 Å². The first kappa shape index (κ1) is 13.0. The molecule has 0 aromatic carbocycles. The Balaban J connectivity index is 2.15. The van der Waals surface area contributed by atoms with Crippen LogP contribution in [0.25, 0.3) is 0 Å². The lowest BCUT2D eigenvalue weighted by atomic mass is 10.1. The lowest BCUT2D eigenvalue weighted by molar-refractivity contribution is -0.127. The van der Waals surface area contributed by atoms with Gasteiger partial charge in [-0.2, -0.15) is 13.2 Å². The molecule has 2 rings (SSSR count). The fourth-order valence-electron chi connectivity index (χ4n) is 1.42. The summed E-state index contributed by atoms with van der Waals surface area (Å²) < 4.78 is 36.5. The molecule has 3 nitrogen and oxygen atoms in total. The van der Waals surface area contributed by atoms with Crippen LogP contribution in [0.15, 0.2) is 29.9 Å². The zero-order valence-electron chi connectivity index (χ0n) is 9.05. The molecule has 0 bridgehead atoms. The smallest absolute Gasteiger partial charge is 0.381 e. The van der Waals surface area contributed by atoms with E-state index < -0.39 is 18.7 Å². The Bertz CT molecular complexity index is 513. The molecule has 0 saturated heterocycles. The third kappa shape index (κ3) is 3.27. The molecule has 18 heavy (non-hydrogen) atoms. The Hall–Kier alpha value is -1.47. The molecule has 96 valence electrons. The van der Waals surface area contributed by atoms with Crippen LogP contribution in [0.3, 0.4) is 0 Å². The fraction of sp³-hybridized carbons (Fsp3) is 0.273. The minimum atomic E-state index is -4.28. The van der Waals surface area contributed by atoms with Crippen LogP contribution in [0.5, 0.6) is 0 Å². The van der Waals surface area contributed by atoms with Gasteiger partial charge in [0.1, 0.15) is 11.1 Å². The van der Waals surface area contributed by atoms with Gasteiger partial charge in [-0.05, 0) is 17.7 Å². The highest BCUT2D eigenvalue weighted by Crippen LogP contribution is 2.27. The normalized spacial score (nSPS) is 13.6. The first-order valence-electron chi connectivity index (χ1n) is 5.05. The molecule has 7 heteroatoms. The molecule has 0 aliphatic heterocycles. The van der Waals surface area contributed by atoms with Gasteiger partial charge >= 0.3 is 6.18 Å². The average molecular weight is 274 g/mol. The van der Waals surface area contributed by atoms with E-state index >= 15 is 0 Å². The summed E-state index contributed by atoms with van der Waals surface area (Å²) in [5.41, 5.74) is 0.480. The first-order valence-corrected chi connectivity index (χ1v) is 5.93. The first-order chi connectivity index (χ1) is 8.46. The van der Waals surface area contributed by atoms with Crippen LogP contribution in [0.1, 0.15) is 22.4 Å². The van der Waals surface area contributed by atoms with Gasteiger partial charge in [-0.25, -0.2) is 4.98 Å². The van der Waals surface area contributed by atoms with Gasteiger partial charge in [0.05, 0.1) is 12.1 Å². The van der Waals surface area contributed by atoms with E-state index in [4.69, 9.17) is 0 Å². The summed E-state index contributed by atoms with van der Waals surface area (Å²) in [6.07, 6.45) is -3.37. The molecule has 2 aromatic heterocycles. The molecule has 1 atom stereocenters.